The summed E-state index contributed by atoms with van der Waals surface area (Å²) in [6.45, 7) is 2.86. The average Bonchev–Trinajstić information content (AvgIpc) is 2.75. The highest BCUT2D eigenvalue weighted by Gasteiger charge is 2.23. The monoisotopic (exact) mass is 219 g/mol. The van der Waals surface area contributed by atoms with Gasteiger partial charge in [0.25, 0.3) is 0 Å². The molecule has 1 atom stereocenters. The van der Waals surface area contributed by atoms with Crippen molar-refractivity contribution in [2.24, 2.45) is 0 Å². The van der Waals surface area contributed by atoms with Crippen LogP contribution in [-0.2, 0) is 9.53 Å². The maximum atomic E-state index is 11.3. The van der Waals surface area contributed by atoms with Gasteiger partial charge < -0.3 is 9.53 Å². The van der Waals surface area contributed by atoms with Gasteiger partial charge in [0.1, 0.15) is 12.9 Å². The Bertz CT molecular complexity index is 399. The van der Waals surface area contributed by atoms with Crippen molar-refractivity contribution in [3.05, 3.63) is 29.8 Å². The first-order chi connectivity index (χ1) is 7.72. The van der Waals surface area contributed by atoms with Crippen LogP contribution in [0.25, 0.3) is 0 Å². The first kappa shape index (κ1) is 10.7. The van der Waals surface area contributed by atoms with Gasteiger partial charge in [-0.1, -0.05) is 19.1 Å². The van der Waals surface area contributed by atoms with Crippen LogP contribution in [0.4, 0.5) is 10.5 Å². The standard InChI is InChI=1S/C12H13NO3/c1-9(8-14)10-2-4-11(5-3-10)13-6-7-16-12(13)15/h2-5,8-9H,6-7H2,1H3. The van der Waals surface area contributed by atoms with Crippen molar-refractivity contribution in [1.29, 1.82) is 0 Å². The molecule has 0 aliphatic carbocycles. The number of hydrogen-bond acceptors (Lipinski definition) is 3. The number of hydrogen-bond donors (Lipinski definition) is 0. The SMILES string of the molecule is CC(C=O)c1ccc(N2CCOC2=O)cc1. The normalized spacial score (nSPS) is 17.1. The molecule has 1 unspecified atom stereocenters. The van der Waals surface area contributed by atoms with Crippen LogP contribution in [0.15, 0.2) is 24.3 Å². The maximum Gasteiger partial charge on any atom is 0.414 e. The molecule has 1 saturated heterocycles. The molecular weight excluding hydrogens is 206 g/mol. The molecule has 0 N–H and O–H groups in total. The summed E-state index contributed by atoms with van der Waals surface area (Å²) < 4.78 is 4.85. The zero-order chi connectivity index (χ0) is 11.5. The van der Waals surface area contributed by atoms with Crippen molar-refractivity contribution < 1.29 is 14.3 Å². The van der Waals surface area contributed by atoms with Crippen molar-refractivity contribution in [3.8, 4) is 0 Å². The highest BCUT2D eigenvalue weighted by molar-refractivity contribution is 5.89. The second-order valence-electron chi connectivity index (χ2n) is 3.78. The van der Waals surface area contributed by atoms with Gasteiger partial charge in [-0.25, -0.2) is 4.79 Å². The van der Waals surface area contributed by atoms with E-state index in [4.69, 9.17) is 4.74 Å². The molecule has 1 amide bonds. The second-order valence-corrected chi connectivity index (χ2v) is 3.78. The third-order valence-electron chi connectivity index (χ3n) is 2.70. The number of cyclic esters (lactones) is 1. The van der Waals surface area contributed by atoms with E-state index in [2.05, 4.69) is 0 Å². The third kappa shape index (κ3) is 1.91. The Hall–Kier alpha value is -1.84. The Morgan fingerprint density at radius 3 is 2.56 bits per heavy atom. The zero-order valence-corrected chi connectivity index (χ0v) is 9.05. The van der Waals surface area contributed by atoms with Gasteiger partial charge in [0.2, 0.25) is 0 Å². The van der Waals surface area contributed by atoms with E-state index in [0.717, 1.165) is 17.5 Å². The first-order valence-corrected chi connectivity index (χ1v) is 5.22. The predicted octanol–water partition coefficient (Wildman–Crippen LogP) is 1.95. The van der Waals surface area contributed by atoms with Crippen LogP contribution in [-0.4, -0.2) is 25.5 Å². The summed E-state index contributed by atoms with van der Waals surface area (Å²) in [6.07, 6.45) is 0.593. The second kappa shape index (κ2) is 4.35. The molecule has 0 spiro atoms. The maximum absolute atomic E-state index is 11.3. The number of benzene rings is 1. The van der Waals surface area contributed by atoms with E-state index in [1.54, 1.807) is 4.90 Å². The van der Waals surface area contributed by atoms with Gasteiger partial charge in [-0.3, -0.25) is 4.90 Å². The number of carbonyl (C=O) groups excluding carboxylic acids is 2. The van der Waals surface area contributed by atoms with E-state index in [1.807, 2.05) is 31.2 Å². The fraction of sp³-hybridized carbons (Fsp3) is 0.333. The van der Waals surface area contributed by atoms with Gasteiger partial charge in [-0.05, 0) is 17.7 Å². The Labute approximate surface area is 93.8 Å². The Morgan fingerprint density at radius 1 is 1.38 bits per heavy atom. The van der Waals surface area contributed by atoms with Crippen molar-refractivity contribution in [3.63, 3.8) is 0 Å². The van der Waals surface area contributed by atoms with E-state index in [0.29, 0.717) is 13.2 Å². The summed E-state index contributed by atoms with van der Waals surface area (Å²) in [5.41, 5.74) is 1.76. The molecule has 1 fully saturated rings. The van der Waals surface area contributed by atoms with Gasteiger partial charge in [-0.2, -0.15) is 0 Å². The zero-order valence-electron chi connectivity index (χ0n) is 9.05. The topological polar surface area (TPSA) is 46.6 Å². The molecule has 4 heteroatoms. The van der Waals surface area contributed by atoms with E-state index < -0.39 is 0 Å². The molecule has 0 saturated carbocycles. The van der Waals surface area contributed by atoms with Crippen LogP contribution >= 0.6 is 0 Å². The van der Waals surface area contributed by atoms with Crippen LogP contribution in [0, 0.1) is 0 Å². The molecule has 1 aliphatic rings. The van der Waals surface area contributed by atoms with Crippen molar-refractivity contribution >= 4 is 18.1 Å². The minimum atomic E-state index is -0.309. The summed E-state index contributed by atoms with van der Waals surface area (Å²) in [5.74, 6) is -0.112. The third-order valence-corrected chi connectivity index (χ3v) is 2.70. The smallest absolute Gasteiger partial charge is 0.414 e. The summed E-state index contributed by atoms with van der Waals surface area (Å²) in [6, 6.07) is 7.39. The Balaban J connectivity index is 2.18. The van der Waals surface area contributed by atoms with E-state index >= 15 is 0 Å². The molecule has 1 aromatic rings. The minimum Gasteiger partial charge on any atom is -0.447 e. The molecule has 0 radical (unpaired) electrons. The fourth-order valence-corrected chi connectivity index (χ4v) is 1.66. The Kier molecular flexibility index (Phi) is 2.90. The van der Waals surface area contributed by atoms with Crippen molar-refractivity contribution in [2.45, 2.75) is 12.8 Å². The molecule has 16 heavy (non-hydrogen) atoms. The summed E-state index contributed by atoms with van der Waals surface area (Å²) in [5, 5.41) is 0. The average molecular weight is 219 g/mol. The quantitative estimate of drug-likeness (QED) is 0.730. The van der Waals surface area contributed by atoms with Gasteiger partial charge in [-0.15, -0.1) is 0 Å². The lowest BCUT2D eigenvalue weighted by Gasteiger charge is -2.13. The molecule has 2 rings (SSSR count). The van der Waals surface area contributed by atoms with Crippen molar-refractivity contribution in [1.82, 2.24) is 0 Å². The van der Waals surface area contributed by atoms with E-state index in [9.17, 15) is 9.59 Å². The van der Waals surface area contributed by atoms with Crippen LogP contribution in [0.5, 0.6) is 0 Å². The number of amides is 1. The molecular formula is C12H13NO3. The Morgan fingerprint density at radius 2 is 2.06 bits per heavy atom. The predicted molar refractivity (Wildman–Crippen MR) is 59.6 cm³/mol. The van der Waals surface area contributed by atoms with E-state index in [1.165, 1.54) is 0 Å². The summed E-state index contributed by atoms with van der Waals surface area (Å²) in [4.78, 5) is 23.5. The van der Waals surface area contributed by atoms with Crippen molar-refractivity contribution in [2.75, 3.05) is 18.1 Å². The van der Waals surface area contributed by atoms with E-state index in [-0.39, 0.29) is 12.0 Å². The van der Waals surface area contributed by atoms with Gasteiger partial charge in [0.05, 0.1) is 6.54 Å². The number of carbonyl (C=O) groups is 2. The number of rotatable bonds is 3. The lowest BCUT2D eigenvalue weighted by molar-refractivity contribution is -0.108. The molecule has 1 aliphatic heterocycles. The number of aldehydes is 1. The highest BCUT2D eigenvalue weighted by atomic mass is 16.6. The molecule has 0 aromatic heterocycles. The highest BCUT2D eigenvalue weighted by Crippen LogP contribution is 2.21. The summed E-state index contributed by atoms with van der Waals surface area (Å²) >= 11 is 0. The van der Waals surface area contributed by atoms with Gasteiger partial charge in [0, 0.05) is 11.6 Å². The molecule has 84 valence electrons. The number of ether oxygens (including phenoxy) is 1. The molecule has 0 bridgehead atoms. The first-order valence-electron chi connectivity index (χ1n) is 5.22. The van der Waals surface area contributed by atoms with Crippen LogP contribution in [0.3, 0.4) is 0 Å². The van der Waals surface area contributed by atoms with Gasteiger partial charge >= 0.3 is 6.09 Å². The lowest BCUT2D eigenvalue weighted by Crippen LogP contribution is -2.23. The van der Waals surface area contributed by atoms with Crippen LogP contribution in [0.2, 0.25) is 0 Å². The fourth-order valence-electron chi connectivity index (χ4n) is 1.66. The lowest BCUT2D eigenvalue weighted by atomic mass is 10.0. The molecule has 1 heterocycles. The largest absolute Gasteiger partial charge is 0.447 e. The van der Waals surface area contributed by atoms with Gasteiger partial charge in [0.15, 0.2) is 0 Å². The molecule has 1 aromatic carbocycles. The number of anilines is 1. The molecule has 4 nitrogen and oxygen atoms in total. The minimum absolute atomic E-state index is 0.112. The summed E-state index contributed by atoms with van der Waals surface area (Å²) in [7, 11) is 0. The van der Waals surface area contributed by atoms with Crippen LogP contribution < -0.4 is 4.90 Å². The number of nitrogens with zero attached hydrogens (tertiary/aromatic N) is 1. The van der Waals surface area contributed by atoms with Crippen LogP contribution in [0.1, 0.15) is 18.4 Å².